The number of hydrogen-bond acceptors (Lipinski definition) is 5. The first kappa shape index (κ1) is 11.1. The van der Waals surface area contributed by atoms with Crippen LogP contribution in [0.2, 0.25) is 0 Å². The Morgan fingerprint density at radius 1 is 1.31 bits per heavy atom. The minimum Gasteiger partial charge on any atom is -0.378 e. The number of benzene rings is 1. The molecule has 0 aliphatic heterocycles. The molecule has 0 spiro atoms. The SMILES string of the molecule is NC[C@@](O)(c1ccccc1)c1cnc(N)s1. The van der Waals surface area contributed by atoms with Crippen LogP contribution in [0, 0.1) is 0 Å². The van der Waals surface area contributed by atoms with Gasteiger partial charge < -0.3 is 16.6 Å². The molecule has 1 heterocycles. The van der Waals surface area contributed by atoms with Gasteiger partial charge in [-0.15, -0.1) is 0 Å². The van der Waals surface area contributed by atoms with Crippen molar-refractivity contribution in [1.82, 2.24) is 4.98 Å². The highest BCUT2D eigenvalue weighted by Crippen LogP contribution is 2.33. The van der Waals surface area contributed by atoms with Gasteiger partial charge in [0.15, 0.2) is 5.13 Å². The van der Waals surface area contributed by atoms with Crippen molar-refractivity contribution in [3.63, 3.8) is 0 Å². The zero-order valence-electron chi connectivity index (χ0n) is 8.63. The Bertz CT molecular complexity index is 471. The van der Waals surface area contributed by atoms with E-state index in [1.807, 2.05) is 30.3 Å². The van der Waals surface area contributed by atoms with Gasteiger partial charge in [-0.05, 0) is 5.56 Å². The highest BCUT2D eigenvalue weighted by molar-refractivity contribution is 7.15. The minimum absolute atomic E-state index is 0.0959. The molecule has 0 aliphatic carbocycles. The quantitative estimate of drug-likeness (QED) is 0.738. The summed E-state index contributed by atoms with van der Waals surface area (Å²) in [7, 11) is 0. The Labute approximate surface area is 97.6 Å². The van der Waals surface area contributed by atoms with Gasteiger partial charge >= 0.3 is 0 Å². The maximum atomic E-state index is 10.6. The molecule has 1 aromatic carbocycles. The average molecular weight is 235 g/mol. The number of rotatable bonds is 3. The fraction of sp³-hybridized carbons (Fsp3) is 0.182. The molecule has 5 N–H and O–H groups in total. The highest BCUT2D eigenvalue weighted by Gasteiger charge is 2.31. The number of aliphatic hydroxyl groups is 1. The summed E-state index contributed by atoms with van der Waals surface area (Å²) in [6.45, 7) is 0.0959. The maximum absolute atomic E-state index is 10.6. The highest BCUT2D eigenvalue weighted by atomic mass is 32.1. The predicted octanol–water partition coefficient (Wildman–Crippen LogP) is 0.920. The van der Waals surface area contributed by atoms with E-state index in [-0.39, 0.29) is 6.54 Å². The number of nitrogens with zero attached hydrogens (tertiary/aromatic N) is 1. The molecule has 84 valence electrons. The lowest BCUT2D eigenvalue weighted by Crippen LogP contribution is -2.35. The predicted molar refractivity (Wildman–Crippen MR) is 65.0 cm³/mol. The van der Waals surface area contributed by atoms with Gasteiger partial charge in [0.05, 0.1) is 4.88 Å². The monoisotopic (exact) mass is 235 g/mol. The van der Waals surface area contributed by atoms with Gasteiger partial charge in [0.1, 0.15) is 5.60 Å². The Balaban J connectivity index is 2.48. The summed E-state index contributed by atoms with van der Waals surface area (Å²) in [5.41, 5.74) is 10.8. The van der Waals surface area contributed by atoms with Crippen molar-refractivity contribution in [2.45, 2.75) is 5.60 Å². The van der Waals surface area contributed by atoms with Gasteiger partial charge in [-0.2, -0.15) is 0 Å². The summed E-state index contributed by atoms with van der Waals surface area (Å²) >= 11 is 1.25. The first-order chi connectivity index (χ1) is 7.66. The molecule has 1 atom stereocenters. The van der Waals surface area contributed by atoms with Crippen molar-refractivity contribution in [3.8, 4) is 0 Å². The number of anilines is 1. The molecule has 0 aliphatic rings. The second-order valence-electron chi connectivity index (χ2n) is 3.49. The van der Waals surface area contributed by atoms with Crippen LogP contribution in [0.5, 0.6) is 0 Å². The summed E-state index contributed by atoms with van der Waals surface area (Å²) in [5, 5.41) is 11.0. The van der Waals surface area contributed by atoms with Crippen molar-refractivity contribution in [1.29, 1.82) is 0 Å². The van der Waals surface area contributed by atoms with Crippen molar-refractivity contribution in [2.24, 2.45) is 5.73 Å². The van der Waals surface area contributed by atoms with E-state index in [1.165, 1.54) is 11.3 Å². The van der Waals surface area contributed by atoms with Crippen LogP contribution in [-0.2, 0) is 5.60 Å². The topological polar surface area (TPSA) is 85.2 Å². The molecule has 4 nitrogen and oxygen atoms in total. The fourth-order valence-corrected chi connectivity index (χ4v) is 2.36. The Hall–Kier alpha value is -1.43. The van der Waals surface area contributed by atoms with E-state index < -0.39 is 5.60 Å². The summed E-state index contributed by atoms with van der Waals surface area (Å²) in [6.07, 6.45) is 1.57. The van der Waals surface area contributed by atoms with Crippen LogP contribution in [0.25, 0.3) is 0 Å². The lowest BCUT2D eigenvalue weighted by atomic mass is 9.93. The Morgan fingerprint density at radius 3 is 2.50 bits per heavy atom. The van der Waals surface area contributed by atoms with E-state index >= 15 is 0 Å². The number of thiazole rings is 1. The van der Waals surface area contributed by atoms with E-state index in [2.05, 4.69) is 4.98 Å². The largest absolute Gasteiger partial charge is 0.378 e. The number of aromatic nitrogens is 1. The van der Waals surface area contributed by atoms with Crippen molar-refractivity contribution in [2.75, 3.05) is 12.3 Å². The summed E-state index contributed by atoms with van der Waals surface area (Å²) in [4.78, 5) is 4.60. The standard InChI is InChI=1S/C11H13N3OS/c12-7-11(15,8-4-2-1-3-5-8)9-6-14-10(13)16-9/h1-6,15H,7,12H2,(H2,13,14)/t11-/m1/s1. The molecule has 5 heteroatoms. The second kappa shape index (κ2) is 4.21. The Morgan fingerprint density at radius 2 is 2.00 bits per heavy atom. The first-order valence-electron chi connectivity index (χ1n) is 4.86. The zero-order valence-corrected chi connectivity index (χ0v) is 9.45. The van der Waals surface area contributed by atoms with Crippen LogP contribution in [0.1, 0.15) is 10.4 Å². The molecule has 0 saturated heterocycles. The second-order valence-corrected chi connectivity index (χ2v) is 4.56. The minimum atomic E-state index is -1.20. The van der Waals surface area contributed by atoms with Gasteiger partial charge in [0.25, 0.3) is 0 Å². The molecule has 0 radical (unpaired) electrons. The molecule has 0 unspecified atom stereocenters. The molecule has 1 aromatic heterocycles. The third-order valence-electron chi connectivity index (χ3n) is 2.48. The molecule has 2 aromatic rings. The molecule has 0 saturated carbocycles. The maximum Gasteiger partial charge on any atom is 0.180 e. The molecular formula is C11H13N3OS. The average Bonchev–Trinajstić information content (AvgIpc) is 2.76. The van der Waals surface area contributed by atoms with Gasteiger partial charge in [0, 0.05) is 12.7 Å². The van der Waals surface area contributed by atoms with E-state index in [0.29, 0.717) is 10.0 Å². The van der Waals surface area contributed by atoms with Gasteiger partial charge in [0.2, 0.25) is 0 Å². The number of nitrogens with two attached hydrogens (primary N) is 2. The van der Waals surface area contributed by atoms with Crippen LogP contribution in [-0.4, -0.2) is 16.6 Å². The summed E-state index contributed by atoms with van der Waals surface area (Å²) in [6, 6.07) is 9.29. The summed E-state index contributed by atoms with van der Waals surface area (Å²) in [5.74, 6) is 0. The van der Waals surface area contributed by atoms with Crippen LogP contribution in [0.15, 0.2) is 36.5 Å². The van der Waals surface area contributed by atoms with Crippen LogP contribution in [0.4, 0.5) is 5.13 Å². The lowest BCUT2D eigenvalue weighted by molar-refractivity contribution is 0.0939. The first-order valence-corrected chi connectivity index (χ1v) is 5.68. The van der Waals surface area contributed by atoms with E-state index in [0.717, 1.165) is 5.56 Å². The normalized spacial score (nSPS) is 14.6. The van der Waals surface area contributed by atoms with Crippen LogP contribution < -0.4 is 11.5 Å². The molecule has 0 bridgehead atoms. The van der Waals surface area contributed by atoms with Gasteiger partial charge in [-0.1, -0.05) is 41.7 Å². The molecule has 0 fully saturated rings. The summed E-state index contributed by atoms with van der Waals surface area (Å²) < 4.78 is 0. The van der Waals surface area contributed by atoms with Crippen LogP contribution >= 0.6 is 11.3 Å². The van der Waals surface area contributed by atoms with Crippen molar-refractivity contribution in [3.05, 3.63) is 47.0 Å². The fourth-order valence-electron chi connectivity index (χ4n) is 1.55. The third kappa shape index (κ3) is 1.80. The van der Waals surface area contributed by atoms with E-state index in [1.54, 1.807) is 6.20 Å². The molecule has 16 heavy (non-hydrogen) atoms. The Kier molecular flexibility index (Phi) is 2.91. The zero-order chi connectivity index (χ0) is 11.6. The molecular weight excluding hydrogens is 222 g/mol. The third-order valence-corrected chi connectivity index (χ3v) is 3.46. The molecule has 2 rings (SSSR count). The molecule has 0 amide bonds. The van der Waals surface area contributed by atoms with Gasteiger partial charge in [-0.3, -0.25) is 0 Å². The lowest BCUT2D eigenvalue weighted by Gasteiger charge is -2.25. The van der Waals surface area contributed by atoms with Gasteiger partial charge in [-0.25, -0.2) is 4.98 Å². The number of hydrogen-bond donors (Lipinski definition) is 3. The smallest absolute Gasteiger partial charge is 0.180 e. The van der Waals surface area contributed by atoms with E-state index in [9.17, 15) is 5.11 Å². The van der Waals surface area contributed by atoms with Crippen LogP contribution in [0.3, 0.4) is 0 Å². The van der Waals surface area contributed by atoms with Crippen molar-refractivity contribution >= 4 is 16.5 Å². The van der Waals surface area contributed by atoms with Crippen molar-refractivity contribution < 1.29 is 5.11 Å². The van der Waals surface area contributed by atoms with E-state index in [4.69, 9.17) is 11.5 Å². The number of nitrogen functional groups attached to an aromatic ring is 1.